The fourth-order valence-corrected chi connectivity index (χ4v) is 5.18. The van der Waals surface area contributed by atoms with Gasteiger partial charge >= 0.3 is 0 Å². The summed E-state index contributed by atoms with van der Waals surface area (Å²) >= 11 is 0. The summed E-state index contributed by atoms with van der Waals surface area (Å²) in [6.45, 7) is 6.09. The van der Waals surface area contributed by atoms with Gasteiger partial charge < -0.3 is 5.32 Å². The molecule has 0 amide bonds. The molecule has 0 aliphatic carbocycles. The Morgan fingerprint density at radius 2 is 2.09 bits per heavy atom. The van der Waals surface area contributed by atoms with Crippen molar-refractivity contribution in [3.63, 3.8) is 0 Å². The topological polar surface area (TPSA) is 62.3 Å². The van der Waals surface area contributed by atoms with E-state index in [1.165, 1.54) is 0 Å². The van der Waals surface area contributed by atoms with Crippen molar-refractivity contribution in [1.29, 1.82) is 0 Å². The Labute approximate surface area is 137 Å². The van der Waals surface area contributed by atoms with Crippen LogP contribution in [-0.2, 0) is 10.0 Å². The number of rotatable bonds is 2. The number of pyridine rings is 1. The highest BCUT2D eigenvalue weighted by molar-refractivity contribution is 7.89. The maximum absolute atomic E-state index is 13.3. The van der Waals surface area contributed by atoms with Gasteiger partial charge in [0.25, 0.3) is 0 Å². The Balaban J connectivity index is 2.12. The Morgan fingerprint density at radius 1 is 1.26 bits per heavy atom. The maximum Gasteiger partial charge on any atom is 0.243 e. The van der Waals surface area contributed by atoms with Crippen LogP contribution in [0.15, 0.2) is 35.5 Å². The number of nitrogens with one attached hydrogen (secondary N) is 1. The molecule has 2 heterocycles. The summed E-state index contributed by atoms with van der Waals surface area (Å²) in [5.41, 5.74) is 0.888. The van der Waals surface area contributed by atoms with E-state index in [4.69, 9.17) is 0 Å². The van der Waals surface area contributed by atoms with Crippen molar-refractivity contribution in [2.24, 2.45) is 0 Å². The Morgan fingerprint density at radius 3 is 2.91 bits per heavy atom. The Bertz CT molecular complexity index is 799. The van der Waals surface area contributed by atoms with E-state index in [9.17, 15) is 8.42 Å². The molecule has 6 heteroatoms. The summed E-state index contributed by atoms with van der Waals surface area (Å²) in [5.74, 6) is 0. The van der Waals surface area contributed by atoms with E-state index in [0.717, 1.165) is 35.7 Å². The summed E-state index contributed by atoms with van der Waals surface area (Å²) in [6, 6.07) is 5.36. The van der Waals surface area contributed by atoms with Crippen LogP contribution in [0.3, 0.4) is 0 Å². The molecule has 0 spiro atoms. The van der Waals surface area contributed by atoms with Crippen LogP contribution in [0.5, 0.6) is 0 Å². The lowest BCUT2D eigenvalue weighted by Crippen LogP contribution is -2.46. The van der Waals surface area contributed by atoms with Crippen LogP contribution in [0.1, 0.15) is 25.3 Å². The number of fused-ring (bicyclic) bond motifs is 1. The molecule has 1 atom stereocenters. The molecule has 1 N–H and O–H groups in total. The van der Waals surface area contributed by atoms with Crippen LogP contribution in [0.4, 0.5) is 0 Å². The smallest absolute Gasteiger partial charge is 0.243 e. The van der Waals surface area contributed by atoms with Gasteiger partial charge in [-0.25, -0.2) is 8.42 Å². The standard InChI is InChI=1S/C17H23N3O2S/c1-13-10-19-12-15-6-5-7-16(17(13)15)23(21,22)20-9-4-3-8-18-11-14(20)2/h5-7,10,12,14,18H,3-4,8-9,11H2,1-2H3/t14-/m0/s1. The van der Waals surface area contributed by atoms with Gasteiger partial charge in [-0.15, -0.1) is 0 Å². The van der Waals surface area contributed by atoms with Crippen molar-refractivity contribution >= 4 is 20.8 Å². The maximum atomic E-state index is 13.3. The Hall–Kier alpha value is -1.50. The van der Waals surface area contributed by atoms with Gasteiger partial charge in [0.15, 0.2) is 0 Å². The molecule has 1 aromatic carbocycles. The third-order valence-electron chi connectivity index (χ3n) is 4.43. The fraction of sp³-hybridized carbons (Fsp3) is 0.471. The zero-order chi connectivity index (χ0) is 16.4. The number of aromatic nitrogens is 1. The minimum absolute atomic E-state index is 0.0577. The van der Waals surface area contributed by atoms with E-state index in [1.807, 2.05) is 19.9 Å². The van der Waals surface area contributed by atoms with Crippen molar-refractivity contribution in [2.45, 2.75) is 37.6 Å². The van der Waals surface area contributed by atoms with Gasteiger partial charge in [0.1, 0.15) is 0 Å². The van der Waals surface area contributed by atoms with E-state index >= 15 is 0 Å². The molecule has 1 aromatic heterocycles. The van der Waals surface area contributed by atoms with E-state index in [0.29, 0.717) is 18.0 Å². The largest absolute Gasteiger partial charge is 0.315 e. The third kappa shape index (κ3) is 3.11. The summed E-state index contributed by atoms with van der Waals surface area (Å²) < 4.78 is 28.3. The fourth-order valence-electron chi connectivity index (χ4n) is 3.22. The van der Waals surface area contributed by atoms with E-state index in [2.05, 4.69) is 10.3 Å². The van der Waals surface area contributed by atoms with E-state index in [1.54, 1.807) is 28.8 Å². The van der Waals surface area contributed by atoms with Gasteiger partial charge in [0.2, 0.25) is 10.0 Å². The molecule has 2 aromatic rings. The van der Waals surface area contributed by atoms with Gasteiger partial charge in [0.05, 0.1) is 4.90 Å². The molecule has 0 bridgehead atoms. The molecule has 3 rings (SSSR count). The average Bonchev–Trinajstić information content (AvgIpc) is 2.50. The first-order valence-electron chi connectivity index (χ1n) is 8.07. The van der Waals surface area contributed by atoms with E-state index < -0.39 is 10.0 Å². The minimum Gasteiger partial charge on any atom is -0.315 e. The van der Waals surface area contributed by atoms with Crippen molar-refractivity contribution in [3.8, 4) is 0 Å². The van der Waals surface area contributed by atoms with Crippen LogP contribution in [0.2, 0.25) is 0 Å². The highest BCUT2D eigenvalue weighted by Gasteiger charge is 2.30. The average molecular weight is 333 g/mol. The van der Waals surface area contributed by atoms with Crippen LogP contribution >= 0.6 is 0 Å². The first kappa shape index (κ1) is 16.4. The number of benzene rings is 1. The number of aryl methyl sites for hydroxylation is 1. The third-order valence-corrected chi connectivity index (χ3v) is 6.49. The first-order chi connectivity index (χ1) is 11.0. The molecule has 1 aliphatic heterocycles. The van der Waals surface area contributed by atoms with Crippen LogP contribution in [0.25, 0.3) is 10.8 Å². The summed E-state index contributed by atoms with van der Waals surface area (Å²) in [6.07, 6.45) is 5.32. The van der Waals surface area contributed by atoms with Gasteiger partial charge in [0, 0.05) is 42.3 Å². The Kier molecular flexibility index (Phi) is 4.66. The van der Waals surface area contributed by atoms with Gasteiger partial charge in [-0.2, -0.15) is 4.31 Å². The minimum atomic E-state index is -3.53. The number of hydrogen-bond donors (Lipinski definition) is 1. The molecule has 124 valence electrons. The molecule has 1 aliphatic rings. The molecular formula is C17H23N3O2S. The monoisotopic (exact) mass is 333 g/mol. The lowest BCUT2D eigenvalue weighted by Gasteiger charge is -2.31. The predicted molar refractivity (Wildman–Crippen MR) is 91.9 cm³/mol. The van der Waals surface area contributed by atoms with Gasteiger partial charge in [-0.1, -0.05) is 12.1 Å². The summed E-state index contributed by atoms with van der Waals surface area (Å²) in [5, 5.41) is 4.97. The molecule has 0 unspecified atom stereocenters. The van der Waals surface area contributed by atoms with Crippen molar-refractivity contribution in [2.75, 3.05) is 19.6 Å². The normalized spacial score (nSPS) is 21.0. The first-order valence-corrected chi connectivity index (χ1v) is 9.51. The zero-order valence-corrected chi connectivity index (χ0v) is 14.4. The van der Waals surface area contributed by atoms with Crippen molar-refractivity contribution in [3.05, 3.63) is 36.2 Å². The summed E-state index contributed by atoms with van der Waals surface area (Å²) in [7, 11) is -3.53. The highest BCUT2D eigenvalue weighted by atomic mass is 32.2. The number of nitrogens with zero attached hydrogens (tertiary/aromatic N) is 2. The highest BCUT2D eigenvalue weighted by Crippen LogP contribution is 2.29. The molecule has 1 fully saturated rings. The second-order valence-electron chi connectivity index (χ2n) is 6.19. The molecule has 23 heavy (non-hydrogen) atoms. The van der Waals surface area contributed by atoms with Crippen LogP contribution < -0.4 is 5.32 Å². The van der Waals surface area contributed by atoms with Gasteiger partial charge in [-0.05, 0) is 44.9 Å². The second-order valence-corrected chi connectivity index (χ2v) is 8.05. The van der Waals surface area contributed by atoms with Crippen molar-refractivity contribution < 1.29 is 8.42 Å². The number of hydrogen-bond acceptors (Lipinski definition) is 4. The van der Waals surface area contributed by atoms with Gasteiger partial charge in [-0.3, -0.25) is 4.98 Å². The SMILES string of the molecule is Cc1cncc2cccc(S(=O)(=O)N3CCCCNC[C@@H]3C)c12. The summed E-state index contributed by atoms with van der Waals surface area (Å²) in [4.78, 5) is 4.56. The quantitative estimate of drug-likeness (QED) is 0.916. The second kappa shape index (κ2) is 6.55. The van der Waals surface area contributed by atoms with E-state index in [-0.39, 0.29) is 6.04 Å². The molecule has 0 radical (unpaired) electrons. The molecule has 5 nitrogen and oxygen atoms in total. The molecular weight excluding hydrogens is 310 g/mol. The lowest BCUT2D eigenvalue weighted by atomic mass is 10.1. The van der Waals surface area contributed by atoms with Crippen LogP contribution in [-0.4, -0.2) is 43.4 Å². The van der Waals surface area contributed by atoms with Crippen LogP contribution in [0, 0.1) is 6.92 Å². The molecule has 1 saturated heterocycles. The predicted octanol–water partition coefficient (Wildman–Crippen LogP) is 2.31. The molecule has 0 saturated carbocycles. The van der Waals surface area contributed by atoms with Crippen molar-refractivity contribution in [1.82, 2.24) is 14.6 Å². The zero-order valence-electron chi connectivity index (χ0n) is 13.6. The lowest BCUT2D eigenvalue weighted by molar-refractivity contribution is 0.301. The number of sulfonamides is 1.